The normalized spacial score (nSPS) is 16.2. The summed E-state index contributed by atoms with van der Waals surface area (Å²) >= 11 is 0. The summed E-state index contributed by atoms with van der Waals surface area (Å²) in [5.41, 5.74) is 2.21. The Labute approximate surface area is 186 Å². The lowest BCUT2D eigenvalue weighted by Gasteiger charge is -2.25. The minimum Gasteiger partial charge on any atom is -0.361 e. The minimum absolute atomic E-state index is 0.0209. The number of benzene rings is 2. The molecule has 1 atom stereocenters. The van der Waals surface area contributed by atoms with Gasteiger partial charge in [-0.2, -0.15) is 13.2 Å². The first-order valence-electron chi connectivity index (χ1n) is 11.4. The lowest BCUT2D eigenvalue weighted by molar-refractivity contribution is -0.138. The van der Waals surface area contributed by atoms with E-state index in [4.69, 9.17) is 0 Å². The van der Waals surface area contributed by atoms with Gasteiger partial charge in [-0.15, -0.1) is 0 Å². The molecule has 32 heavy (non-hydrogen) atoms. The van der Waals surface area contributed by atoms with Gasteiger partial charge in [0, 0.05) is 35.5 Å². The van der Waals surface area contributed by atoms with Crippen LogP contribution in [0.4, 0.5) is 13.2 Å². The van der Waals surface area contributed by atoms with E-state index in [1.807, 2.05) is 25.1 Å². The van der Waals surface area contributed by atoms with E-state index in [0.717, 1.165) is 60.2 Å². The van der Waals surface area contributed by atoms with E-state index in [9.17, 15) is 18.0 Å². The first-order valence-corrected chi connectivity index (χ1v) is 11.4. The van der Waals surface area contributed by atoms with E-state index in [2.05, 4.69) is 10.3 Å². The number of nitrogens with one attached hydrogen (secondary N) is 2. The van der Waals surface area contributed by atoms with Crippen molar-refractivity contribution in [2.24, 2.45) is 0 Å². The van der Waals surface area contributed by atoms with Crippen molar-refractivity contribution in [3.05, 3.63) is 70.9 Å². The monoisotopic (exact) mass is 442 g/mol. The molecule has 0 aliphatic heterocycles. The zero-order valence-electron chi connectivity index (χ0n) is 18.3. The van der Waals surface area contributed by atoms with Gasteiger partial charge in [0.1, 0.15) is 0 Å². The quantitative estimate of drug-likeness (QED) is 0.437. The molecule has 1 amide bonds. The fourth-order valence-electron chi connectivity index (χ4n) is 4.99. The minimum atomic E-state index is -4.49. The Balaban J connectivity index is 1.75. The number of aromatic nitrogens is 1. The highest BCUT2D eigenvalue weighted by Crippen LogP contribution is 2.41. The molecule has 1 heterocycles. The predicted molar refractivity (Wildman–Crippen MR) is 121 cm³/mol. The van der Waals surface area contributed by atoms with Crippen molar-refractivity contribution < 1.29 is 18.0 Å². The third kappa shape index (κ3) is 4.69. The molecule has 6 heteroatoms. The lowest BCUT2D eigenvalue weighted by atomic mass is 9.84. The number of hydrogen-bond acceptors (Lipinski definition) is 1. The molecule has 1 aliphatic carbocycles. The summed E-state index contributed by atoms with van der Waals surface area (Å²) in [4.78, 5) is 16.3. The topological polar surface area (TPSA) is 44.9 Å². The smallest absolute Gasteiger partial charge is 0.361 e. The Hall–Kier alpha value is -2.76. The lowest BCUT2D eigenvalue weighted by Crippen LogP contribution is -2.37. The number of amides is 1. The fourth-order valence-corrected chi connectivity index (χ4v) is 4.99. The van der Waals surface area contributed by atoms with Crippen molar-refractivity contribution in [2.75, 3.05) is 0 Å². The number of carbonyl (C=O) groups excluding carboxylic acids is 1. The highest BCUT2D eigenvalue weighted by atomic mass is 19.4. The van der Waals surface area contributed by atoms with Crippen LogP contribution in [0.5, 0.6) is 0 Å². The van der Waals surface area contributed by atoms with E-state index in [1.54, 1.807) is 12.3 Å². The van der Waals surface area contributed by atoms with Crippen LogP contribution in [0.15, 0.2) is 48.7 Å². The molecule has 4 rings (SSSR count). The zero-order valence-corrected chi connectivity index (χ0v) is 18.3. The third-order valence-corrected chi connectivity index (χ3v) is 6.59. The number of aryl methyl sites for hydroxylation is 1. The molecular weight excluding hydrogens is 413 g/mol. The average Bonchev–Trinajstić information content (AvgIpc) is 3.21. The van der Waals surface area contributed by atoms with Crippen LogP contribution in [-0.4, -0.2) is 16.9 Å². The van der Waals surface area contributed by atoms with Crippen LogP contribution in [0.1, 0.15) is 73.6 Å². The van der Waals surface area contributed by atoms with Crippen molar-refractivity contribution >= 4 is 16.8 Å². The summed E-state index contributed by atoms with van der Waals surface area (Å²) in [5.74, 6) is -0.892. The van der Waals surface area contributed by atoms with Crippen LogP contribution in [0.2, 0.25) is 0 Å². The molecule has 1 aliphatic rings. The molecule has 0 unspecified atom stereocenters. The zero-order chi connectivity index (χ0) is 22.7. The maximum Gasteiger partial charge on any atom is 0.416 e. The summed E-state index contributed by atoms with van der Waals surface area (Å²) in [7, 11) is 0. The first kappa shape index (κ1) is 22.4. The maximum absolute atomic E-state index is 13.9. The van der Waals surface area contributed by atoms with Crippen LogP contribution in [0.3, 0.4) is 0 Å². The van der Waals surface area contributed by atoms with Crippen molar-refractivity contribution in [1.29, 1.82) is 0 Å². The van der Waals surface area contributed by atoms with Crippen LogP contribution in [0, 0.1) is 0 Å². The molecule has 3 nitrogen and oxygen atoms in total. The summed E-state index contributed by atoms with van der Waals surface area (Å²) in [6, 6.07) is 11.6. The Bertz CT molecular complexity index is 1080. The van der Waals surface area contributed by atoms with Crippen molar-refractivity contribution in [2.45, 2.75) is 70.0 Å². The highest BCUT2D eigenvalue weighted by molar-refractivity contribution is 5.88. The molecule has 0 bridgehead atoms. The van der Waals surface area contributed by atoms with E-state index in [1.165, 1.54) is 18.6 Å². The first-order chi connectivity index (χ1) is 15.4. The Morgan fingerprint density at radius 1 is 1.06 bits per heavy atom. The number of carbonyl (C=O) groups is 1. The van der Waals surface area contributed by atoms with Gasteiger partial charge < -0.3 is 10.3 Å². The summed E-state index contributed by atoms with van der Waals surface area (Å²) in [5, 5.41) is 3.95. The molecule has 0 radical (unpaired) electrons. The second-order valence-corrected chi connectivity index (χ2v) is 8.68. The summed E-state index contributed by atoms with van der Waals surface area (Å²) in [6.07, 6.45) is 3.26. The molecule has 3 aromatic rings. The predicted octanol–water partition coefficient (Wildman–Crippen LogP) is 6.72. The van der Waals surface area contributed by atoms with E-state index >= 15 is 0 Å². The van der Waals surface area contributed by atoms with E-state index < -0.39 is 17.7 Å². The number of halogens is 3. The third-order valence-electron chi connectivity index (χ3n) is 6.59. The highest BCUT2D eigenvalue weighted by Gasteiger charge is 2.36. The number of aromatic amines is 1. The SMILES string of the molecule is CCc1cccc2c([C@@H](CC(=O)NC3CCCCC3)c3ccccc3C(F)(F)F)c[nH]c12. The second-order valence-electron chi connectivity index (χ2n) is 8.68. The molecule has 170 valence electrons. The molecular formula is C26H29F3N2O. The fraction of sp³-hybridized carbons (Fsp3) is 0.423. The Morgan fingerprint density at radius 2 is 1.81 bits per heavy atom. The van der Waals surface area contributed by atoms with Gasteiger partial charge in [-0.05, 0) is 42.0 Å². The number of H-pyrrole nitrogens is 1. The van der Waals surface area contributed by atoms with Crippen LogP contribution in [-0.2, 0) is 17.4 Å². The molecule has 0 spiro atoms. The van der Waals surface area contributed by atoms with Gasteiger partial charge >= 0.3 is 6.18 Å². The molecule has 1 saturated carbocycles. The summed E-state index contributed by atoms with van der Waals surface area (Å²) < 4.78 is 41.7. The van der Waals surface area contributed by atoms with Gasteiger partial charge in [0.05, 0.1) is 5.56 Å². The van der Waals surface area contributed by atoms with Gasteiger partial charge in [-0.3, -0.25) is 4.79 Å². The van der Waals surface area contributed by atoms with Crippen LogP contribution in [0.25, 0.3) is 10.9 Å². The molecule has 2 N–H and O–H groups in total. The van der Waals surface area contributed by atoms with Gasteiger partial charge in [0.2, 0.25) is 5.91 Å². The molecule has 0 saturated heterocycles. The van der Waals surface area contributed by atoms with Gasteiger partial charge in [-0.25, -0.2) is 0 Å². The van der Waals surface area contributed by atoms with Gasteiger partial charge in [0.15, 0.2) is 0 Å². The number of para-hydroxylation sites is 1. The van der Waals surface area contributed by atoms with E-state index in [0.29, 0.717) is 0 Å². The number of rotatable bonds is 6. The van der Waals surface area contributed by atoms with Crippen LogP contribution >= 0.6 is 0 Å². The van der Waals surface area contributed by atoms with Gasteiger partial charge in [0.25, 0.3) is 0 Å². The number of alkyl halides is 3. The van der Waals surface area contributed by atoms with Gasteiger partial charge in [-0.1, -0.05) is 62.6 Å². The maximum atomic E-state index is 13.9. The van der Waals surface area contributed by atoms with Crippen molar-refractivity contribution in [3.8, 4) is 0 Å². The average molecular weight is 443 g/mol. The molecule has 1 fully saturated rings. The number of hydrogen-bond donors (Lipinski definition) is 2. The standard InChI is InChI=1S/C26H29F3N2O/c1-2-17-9-8-13-20-22(16-30-25(17)20)21(15-24(32)31-18-10-4-3-5-11-18)19-12-6-7-14-23(19)26(27,28)29/h6-9,12-14,16,18,21,30H,2-5,10-11,15H2,1H3,(H,31,32)/t21-/m0/s1. The van der Waals surface area contributed by atoms with Crippen molar-refractivity contribution in [3.63, 3.8) is 0 Å². The van der Waals surface area contributed by atoms with E-state index in [-0.39, 0.29) is 23.9 Å². The Kier molecular flexibility index (Phi) is 6.58. The number of fused-ring (bicyclic) bond motifs is 1. The van der Waals surface area contributed by atoms with Crippen LogP contribution < -0.4 is 5.32 Å². The summed E-state index contributed by atoms with van der Waals surface area (Å²) in [6.45, 7) is 2.04. The molecule has 1 aromatic heterocycles. The Morgan fingerprint density at radius 3 is 2.53 bits per heavy atom. The van der Waals surface area contributed by atoms with Crippen molar-refractivity contribution in [1.82, 2.24) is 10.3 Å². The largest absolute Gasteiger partial charge is 0.416 e. The molecule has 2 aromatic carbocycles. The second kappa shape index (κ2) is 9.39.